The summed E-state index contributed by atoms with van der Waals surface area (Å²) in [6.45, 7) is 6.51. The van der Waals surface area contributed by atoms with Crippen LogP contribution in [0.15, 0.2) is 30.3 Å². The molecular weight excluding hydrogens is 440 g/mol. The van der Waals surface area contributed by atoms with Gasteiger partial charge in [0.25, 0.3) is 5.91 Å². The number of benzene rings is 2. The van der Waals surface area contributed by atoms with E-state index >= 15 is 0 Å². The van der Waals surface area contributed by atoms with Crippen molar-refractivity contribution in [1.82, 2.24) is 9.80 Å². The molecule has 1 fully saturated rings. The van der Waals surface area contributed by atoms with Crippen LogP contribution in [0, 0.1) is 19.8 Å². The van der Waals surface area contributed by atoms with Crippen LogP contribution in [0.4, 0.5) is 11.4 Å². The van der Waals surface area contributed by atoms with Crippen LogP contribution in [-0.2, 0) is 11.3 Å². The van der Waals surface area contributed by atoms with Gasteiger partial charge in [0.15, 0.2) is 0 Å². The van der Waals surface area contributed by atoms with Crippen molar-refractivity contribution in [2.75, 3.05) is 44.9 Å². The largest absolute Gasteiger partial charge is 0.496 e. The molecule has 7 heteroatoms. The first-order chi connectivity index (χ1) is 16.8. The van der Waals surface area contributed by atoms with Crippen LogP contribution in [0.25, 0.3) is 0 Å². The molecule has 2 aromatic carbocycles. The van der Waals surface area contributed by atoms with Gasteiger partial charge in [-0.1, -0.05) is 6.07 Å². The Kier molecular flexibility index (Phi) is 7.65. The number of ether oxygens (including phenoxy) is 1. The fraction of sp³-hybridized carbons (Fsp3) is 0.500. The Morgan fingerprint density at radius 3 is 2.49 bits per heavy atom. The number of hydrogen-bond donors (Lipinski definition) is 2. The summed E-state index contributed by atoms with van der Waals surface area (Å²) in [5, 5.41) is 6.49. The monoisotopic (exact) mass is 478 g/mol. The number of carbonyl (C=O) groups excluding carboxylic acids is 2. The van der Waals surface area contributed by atoms with Gasteiger partial charge >= 0.3 is 0 Å². The maximum absolute atomic E-state index is 13.3. The van der Waals surface area contributed by atoms with Gasteiger partial charge in [0.2, 0.25) is 5.91 Å². The van der Waals surface area contributed by atoms with Gasteiger partial charge in [-0.3, -0.25) is 9.59 Å². The molecule has 35 heavy (non-hydrogen) atoms. The fourth-order valence-corrected chi connectivity index (χ4v) is 5.23. The third kappa shape index (κ3) is 5.61. The van der Waals surface area contributed by atoms with E-state index in [0.29, 0.717) is 6.54 Å². The van der Waals surface area contributed by atoms with Gasteiger partial charge in [0.05, 0.1) is 7.11 Å². The van der Waals surface area contributed by atoms with Gasteiger partial charge in [-0.05, 0) is 88.5 Å². The second kappa shape index (κ2) is 10.7. The second-order valence-electron chi connectivity index (χ2n) is 10.2. The Balaban J connectivity index is 1.34. The number of likely N-dealkylation sites (N-methyl/N-ethyl adjacent to an activating group) is 1. The Hall–Kier alpha value is -3.06. The van der Waals surface area contributed by atoms with Crippen molar-refractivity contribution in [1.29, 1.82) is 0 Å². The Morgan fingerprint density at radius 1 is 1.06 bits per heavy atom. The second-order valence-corrected chi connectivity index (χ2v) is 10.2. The van der Waals surface area contributed by atoms with E-state index in [0.717, 1.165) is 78.2 Å². The van der Waals surface area contributed by atoms with Crippen molar-refractivity contribution in [3.63, 3.8) is 0 Å². The molecule has 2 aromatic rings. The summed E-state index contributed by atoms with van der Waals surface area (Å²) >= 11 is 0. The van der Waals surface area contributed by atoms with E-state index < -0.39 is 0 Å². The Labute approximate surface area is 208 Å². The molecule has 1 heterocycles. The first-order valence-corrected chi connectivity index (χ1v) is 12.6. The molecule has 4 rings (SSSR count). The van der Waals surface area contributed by atoms with Gasteiger partial charge in [0, 0.05) is 54.6 Å². The van der Waals surface area contributed by atoms with E-state index in [1.807, 2.05) is 36.1 Å². The van der Waals surface area contributed by atoms with Crippen LogP contribution in [0.5, 0.6) is 5.75 Å². The zero-order valence-corrected chi connectivity index (χ0v) is 21.6. The van der Waals surface area contributed by atoms with Crippen LogP contribution in [0.3, 0.4) is 0 Å². The fourth-order valence-electron chi connectivity index (χ4n) is 5.23. The Morgan fingerprint density at radius 2 is 1.80 bits per heavy atom. The summed E-state index contributed by atoms with van der Waals surface area (Å²) in [5.41, 5.74) is 5.93. The highest BCUT2D eigenvalue weighted by atomic mass is 16.5. The van der Waals surface area contributed by atoms with Gasteiger partial charge in [-0.15, -0.1) is 0 Å². The normalized spacial score (nSPS) is 19.6. The SMILES string of the molecule is COc1cc(NC(=O)C2CCC(N3Cc4c(C)cc(NCCN(C)C)cc4C3=O)CC2)ccc1C. The molecule has 0 atom stereocenters. The van der Waals surface area contributed by atoms with Crippen LogP contribution in [-0.4, -0.2) is 62.0 Å². The van der Waals surface area contributed by atoms with Crippen LogP contribution >= 0.6 is 0 Å². The van der Waals surface area contributed by atoms with Gasteiger partial charge in [0.1, 0.15) is 5.75 Å². The minimum Gasteiger partial charge on any atom is -0.496 e. The van der Waals surface area contributed by atoms with E-state index in [4.69, 9.17) is 4.74 Å². The molecule has 0 spiro atoms. The van der Waals surface area contributed by atoms with Crippen molar-refractivity contribution >= 4 is 23.2 Å². The summed E-state index contributed by atoms with van der Waals surface area (Å²) in [6.07, 6.45) is 3.27. The molecule has 2 N–H and O–H groups in total. The minimum atomic E-state index is -0.0344. The number of carbonyl (C=O) groups is 2. The summed E-state index contributed by atoms with van der Waals surface area (Å²) in [6, 6.07) is 10.1. The molecule has 1 aliphatic carbocycles. The number of fused-ring (bicyclic) bond motifs is 1. The molecule has 1 aliphatic heterocycles. The van der Waals surface area contributed by atoms with Crippen LogP contribution in [0.2, 0.25) is 0 Å². The molecule has 0 aromatic heterocycles. The highest BCUT2D eigenvalue weighted by Crippen LogP contribution is 2.36. The number of hydrogen-bond acceptors (Lipinski definition) is 5. The maximum Gasteiger partial charge on any atom is 0.254 e. The third-order valence-electron chi connectivity index (χ3n) is 7.36. The van der Waals surface area contributed by atoms with E-state index in [-0.39, 0.29) is 23.8 Å². The van der Waals surface area contributed by atoms with Gasteiger partial charge in [-0.2, -0.15) is 0 Å². The van der Waals surface area contributed by atoms with E-state index in [2.05, 4.69) is 42.6 Å². The number of methoxy groups -OCH3 is 1. The number of aryl methyl sites for hydroxylation is 2. The summed E-state index contributed by atoms with van der Waals surface area (Å²) in [4.78, 5) is 30.4. The third-order valence-corrected chi connectivity index (χ3v) is 7.36. The molecule has 1 saturated carbocycles. The summed E-state index contributed by atoms with van der Waals surface area (Å²) < 4.78 is 5.37. The first-order valence-electron chi connectivity index (χ1n) is 12.6. The van der Waals surface area contributed by atoms with Crippen molar-refractivity contribution in [2.45, 2.75) is 52.1 Å². The zero-order valence-electron chi connectivity index (χ0n) is 21.6. The minimum absolute atomic E-state index is 0.0344. The predicted molar refractivity (Wildman–Crippen MR) is 140 cm³/mol. The van der Waals surface area contributed by atoms with Gasteiger partial charge < -0.3 is 25.2 Å². The lowest BCUT2D eigenvalue weighted by Crippen LogP contribution is -2.40. The van der Waals surface area contributed by atoms with E-state index in [1.165, 1.54) is 0 Å². The van der Waals surface area contributed by atoms with Crippen molar-refractivity contribution in [3.8, 4) is 5.75 Å². The quantitative estimate of drug-likeness (QED) is 0.587. The average Bonchev–Trinajstić information content (AvgIpc) is 3.17. The zero-order chi connectivity index (χ0) is 25.1. The Bertz CT molecular complexity index is 1090. The molecule has 7 nitrogen and oxygen atoms in total. The molecular formula is C28H38N4O3. The molecule has 0 saturated heterocycles. The molecule has 2 amide bonds. The summed E-state index contributed by atoms with van der Waals surface area (Å²) in [5.74, 6) is 0.909. The highest BCUT2D eigenvalue weighted by Gasteiger charge is 2.37. The lowest BCUT2D eigenvalue weighted by molar-refractivity contribution is -0.121. The van der Waals surface area contributed by atoms with Crippen LogP contribution < -0.4 is 15.4 Å². The number of nitrogens with one attached hydrogen (secondary N) is 2. The number of nitrogens with zero attached hydrogens (tertiary/aromatic N) is 2. The molecule has 188 valence electrons. The lowest BCUT2D eigenvalue weighted by Gasteiger charge is -2.34. The lowest BCUT2D eigenvalue weighted by atomic mass is 9.84. The number of amides is 2. The molecule has 2 aliphatic rings. The maximum atomic E-state index is 13.3. The molecule has 0 bridgehead atoms. The van der Waals surface area contributed by atoms with Gasteiger partial charge in [-0.25, -0.2) is 0 Å². The molecule has 0 radical (unpaired) electrons. The van der Waals surface area contributed by atoms with Crippen molar-refractivity contribution < 1.29 is 14.3 Å². The number of anilines is 2. The highest BCUT2D eigenvalue weighted by molar-refractivity contribution is 6.00. The first kappa shape index (κ1) is 25.0. The standard InChI is InChI=1S/C28H38N4O3/c1-18-6-9-21(16-26(18)35-5)30-27(33)20-7-10-23(11-8-20)32-17-25-19(2)14-22(15-24(25)28(32)34)29-12-13-31(3)4/h6,9,14-16,20,23,29H,7-8,10-13,17H2,1-5H3,(H,30,33). The predicted octanol–water partition coefficient (Wildman–Crippen LogP) is 4.44. The van der Waals surface area contributed by atoms with Crippen LogP contribution in [0.1, 0.15) is 52.7 Å². The van der Waals surface area contributed by atoms with E-state index in [1.54, 1.807) is 7.11 Å². The topological polar surface area (TPSA) is 73.9 Å². The average molecular weight is 479 g/mol. The van der Waals surface area contributed by atoms with Crippen molar-refractivity contribution in [3.05, 3.63) is 52.6 Å². The number of rotatable bonds is 8. The smallest absolute Gasteiger partial charge is 0.254 e. The van der Waals surface area contributed by atoms with Crippen molar-refractivity contribution in [2.24, 2.45) is 5.92 Å². The molecule has 0 unspecified atom stereocenters. The summed E-state index contributed by atoms with van der Waals surface area (Å²) in [7, 11) is 5.74. The van der Waals surface area contributed by atoms with E-state index in [9.17, 15) is 9.59 Å².